The van der Waals surface area contributed by atoms with E-state index in [1.54, 1.807) is 7.11 Å². The Kier molecular flexibility index (Phi) is 8.11. The molecule has 0 saturated carbocycles. The van der Waals surface area contributed by atoms with Gasteiger partial charge in [0.2, 0.25) is 0 Å². The van der Waals surface area contributed by atoms with Crippen molar-refractivity contribution in [2.75, 3.05) is 32.2 Å². The zero-order chi connectivity index (χ0) is 15.0. The summed E-state index contributed by atoms with van der Waals surface area (Å²) in [5.41, 5.74) is 1.23. The van der Waals surface area contributed by atoms with Crippen LogP contribution in [0, 0.1) is 0 Å². The molecule has 0 saturated heterocycles. The third-order valence-electron chi connectivity index (χ3n) is 3.54. The highest BCUT2D eigenvalue weighted by molar-refractivity contribution is 7.15. The highest BCUT2D eigenvalue weighted by Crippen LogP contribution is 2.28. The summed E-state index contributed by atoms with van der Waals surface area (Å²) in [6.45, 7) is 9.20. The molecule has 0 fully saturated rings. The number of hydrogen-bond acceptors (Lipinski definition) is 5. The number of methoxy groups -OCH3 is 1. The maximum absolute atomic E-state index is 5.06. The van der Waals surface area contributed by atoms with Gasteiger partial charge in [-0.25, -0.2) is 4.98 Å². The second-order valence-corrected chi connectivity index (χ2v) is 6.20. The number of thiazole rings is 1. The fourth-order valence-electron chi connectivity index (χ4n) is 2.11. The van der Waals surface area contributed by atoms with E-state index in [1.165, 1.54) is 23.4 Å². The molecule has 116 valence electrons. The molecule has 0 bridgehead atoms. The molecule has 1 aromatic heterocycles. The van der Waals surface area contributed by atoms with Crippen molar-refractivity contribution in [1.82, 2.24) is 10.3 Å². The zero-order valence-electron chi connectivity index (χ0n) is 13.5. The van der Waals surface area contributed by atoms with Crippen molar-refractivity contribution in [2.45, 2.75) is 52.6 Å². The molecule has 20 heavy (non-hydrogen) atoms. The lowest BCUT2D eigenvalue weighted by Crippen LogP contribution is -2.28. The molecule has 1 N–H and O–H groups in total. The molecule has 0 aliphatic rings. The van der Waals surface area contributed by atoms with Crippen molar-refractivity contribution >= 4 is 16.5 Å². The number of aryl methyl sites for hydroxylation is 1. The van der Waals surface area contributed by atoms with Gasteiger partial charge in [0, 0.05) is 38.2 Å². The number of nitrogens with one attached hydrogen (secondary N) is 1. The molecular weight excluding hydrogens is 270 g/mol. The number of hydrogen-bond donors (Lipinski definition) is 1. The summed E-state index contributed by atoms with van der Waals surface area (Å²) < 4.78 is 5.06. The summed E-state index contributed by atoms with van der Waals surface area (Å²) in [7, 11) is 3.88. The van der Waals surface area contributed by atoms with Crippen LogP contribution in [0.5, 0.6) is 0 Å². The average molecular weight is 299 g/mol. The molecule has 1 atom stereocenters. The van der Waals surface area contributed by atoms with Crippen LogP contribution in [0.25, 0.3) is 0 Å². The van der Waals surface area contributed by atoms with E-state index in [0.29, 0.717) is 6.04 Å². The quantitative estimate of drug-likeness (QED) is 0.674. The van der Waals surface area contributed by atoms with Crippen LogP contribution in [0.1, 0.15) is 44.2 Å². The van der Waals surface area contributed by atoms with E-state index in [2.05, 4.69) is 38.0 Å². The van der Waals surface area contributed by atoms with Gasteiger partial charge in [-0.05, 0) is 19.8 Å². The number of ether oxygens (including phenoxy) is 1. The van der Waals surface area contributed by atoms with Gasteiger partial charge < -0.3 is 15.0 Å². The van der Waals surface area contributed by atoms with Gasteiger partial charge >= 0.3 is 0 Å². The van der Waals surface area contributed by atoms with Crippen molar-refractivity contribution in [2.24, 2.45) is 0 Å². The molecule has 4 nitrogen and oxygen atoms in total. The topological polar surface area (TPSA) is 37.4 Å². The monoisotopic (exact) mass is 299 g/mol. The van der Waals surface area contributed by atoms with Crippen LogP contribution < -0.4 is 10.2 Å². The molecule has 0 radical (unpaired) electrons. The van der Waals surface area contributed by atoms with Gasteiger partial charge in [0.05, 0.1) is 12.3 Å². The normalized spacial score (nSPS) is 12.7. The number of anilines is 1. The Hall–Kier alpha value is -0.650. The fourth-order valence-corrected chi connectivity index (χ4v) is 3.29. The van der Waals surface area contributed by atoms with E-state index >= 15 is 0 Å². The Morgan fingerprint density at radius 1 is 1.40 bits per heavy atom. The highest BCUT2D eigenvalue weighted by atomic mass is 32.1. The van der Waals surface area contributed by atoms with Crippen molar-refractivity contribution in [1.29, 1.82) is 0 Å². The summed E-state index contributed by atoms with van der Waals surface area (Å²) in [6, 6.07) is 0.546. The lowest BCUT2D eigenvalue weighted by molar-refractivity contribution is 0.199. The second-order valence-electron chi connectivity index (χ2n) is 5.14. The number of nitrogens with zero attached hydrogens (tertiary/aromatic N) is 2. The van der Waals surface area contributed by atoms with Gasteiger partial charge in [-0.15, -0.1) is 11.3 Å². The van der Waals surface area contributed by atoms with E-state index in [1.807, 2.05) is 11.3 Å². The number of aromatic nitrogens is 1. The van der Waals surface area contributed by atoms with Crippen LogP contribution in [0.3, 0.4) is 0 Å². The minimum absolute atomic E-state index is 0.546. The Morgan fingerprint density at radius 2 is 2.15 bits per heavy atom. The van der Waals surface area contributed by atoms with Gasteiger partial charge in [-0.3, -0.25) is 0 Å². The summed E-state index contributed by atoms with van der Waals surface area (Å²) in [4.78, 5) is 8.47. The first kappa shape index (κ1) is 17.4. The van der Waals surface area contributed by atoms with Crippen LogP contribution in [-0.2, 0) is 17.7 Å². The van der Waals surface area contributed by atoms with E-state index < -0.39 is 0 Å². The Bertz CT molecular complexity index is 381. The molecule has 1 aromatic rings. The van der Waals surface area contributed by atoms with Crippen molar-refractivity contribution in [3.8, 4) is 0 Å². The molecule has 0 spiro atoms. The molecular formula is C15H29N3OS. The van der Waals surface area contributed by atoms with Crippen molar-refractivity contribution in [3.05, 3.63) is 10.6 Å². The standard InChI is InChI=1S/C15H29N3OS/c1-6-8-12(3)18(4)15-17-13(7-2)14(20-15)11-16-9-10-19-5/h12,16H,6-11H2,1-5H3. The molecule has 1 rings (SSSR count). The van der Waals surface area contributed by atoms with Crippen LogP contribution >= 0.6 is 11.3 Å². The highest BCUT2D eigenvalue weighted by Gasteiger charge is 2.16. The largest absolute Gasteiger partial charge is 0.383 e. The Labute approximate surface area is 127 Å². The summed E-state index contributed by atoms with van der Waals surface area (Å²) in [6.07, 6.45) is 3.41. The first-order valence-electron chi connectivity index (χ1n) is 7.55. The van der Waals surface area contributed by atoms with E-state index in [0.717, 1.165) is 31.2 Å². The minimum Gasteiger partial charge on any atom is -0.383 e. The van der Waals surface area contributed by atoms with Crippen molar-refractivity contribution in [3.63, 3.8) is 0 Å². The zero-order valence-corrected chi connectivity index (χ0v) is 14.3. The SMILES string of the molecule is CCCC(C)N(C)c1nc(CC)c(CNCCOC)s1. The molecule has 5 heteroatoms. The lowest BCUT2D eigenvalue weighted by atomic mass is 10.2. The molecule has 0 aromatic carbocycles. The predicted octanol–water partition coefficient (Wildman–Crippen LogP) is 3.07. The summed E-state index contributed by atoms with van der Waals surface area (Å²) in [5.74, 6) is 0. The van der Waals surface area contributed by atoms with Crippen molar-refractivity contribution < 1.29 is 4.74 Å². The van der Waals surface area contributed by atoms with Crippen LogP contribution in [0.15, 0.2) is 0 Å². The smallest absolute Gasteiger partial charge is 0.185 e. The molecule has 0 aliphatic carbocycles. The van der Waals surface area contributed by atoms with Gasteiger partial charge in [-0.2, -0.15) is 0 Å². The second kappa shape index (κ2) is 9.32. The molecule has 0 aliphatic heterocycles. The third-order valence-corrected chi connectivity index (χ3v) is 4.73. The summed E-state index contributed by atoms with van der Waals surface area (Å²) in [5, 5.41) is 4.56. The molecule has 1 unspecified atom stereocenters. The van der Waals surface area contributed by atoms with E-state index in [9.17, 15) is 0 Å². The maximum Gasteiger partial charge on any atom is 0.185 e. The fraction of sp³-hybridized carbons (Fsp3) is 0.800. The van der Waals surface area contributed by atoms with Gasteiger partial charge in [0.15, 0.2) is 5.13 Å². The van der Waals surface area contributed by atoms with E-state index in [-0.39, 0.29) is 0 Å². The Balaban J connectivity index is 2.67. The van der Waals surface area contributed by atoms with Crippen LogP contribution in [-0.4, -0.2) is 38.3 Å². The van der Waals surface area contributed by atoms with Crippen LogP contribution in [0.4, 0.5) is 5.13 Å². The average Bonchev–Trinajstić information content (AvgIpc) is 2.86. The van der Waals surface area contributed by atoms with Gasteiger partial charge in [0.25, 0.3) is 0 Å². The van der Waals surface area contributed by atoms with E-state index in [4.69, 9.17) is 9.72 Å². The summed E-state index contributed by atoms with van der Waals surface area (Å²) >= 11 is 1.82. The predicted molar refractivity (Wildman–Crippen MR) is 87.8 cm³/mol. The lowest BCUT2D eigenvalue weighted by Gasteiger charge is -2.23. The first-order chi connectivity index (χ1) is 9.63. The van der Waals surface area contributed by atoms with Gasteiger partial charge in [-0.1, -0.05) is 20.3 Å². The minimum atomic E-state index is 0.546. The number of rotatable bonds is 10. The molecule has 0 amide bonds. The first-order valence-corrected chi connectivity index (χ1v) is 8.36. The Morgan fingerprint density at radius 3 is 2.75 bits per heavy atom. The molecule has 1 heterocycles. The third kappa shape index (κ3) is 5.04. The van der Waals surface area contributed by atoms with Gasteiger partial charge in [0.1, 0.15) is 0 Å². The van der Waals surface area contributed by atoms with Crippen LogP contribution in [0.2, 0.25) is 0 Å². The maximum atomic E-state index is 5.06.